The molecule has 0 spiro atoms. The molecule has 1 aromatic carbocycles. The fourth-order valence-corrected chi connectivity index (χ4v) is 2.04. The summed E-state index contributed by atoms with van der Waals surface area (Å²) in [7, 11) is 0. The van der Waals surface area contributed by atoms with Crippen molar-refractivity contribution in [1.82, 2.24) is 5.32 Å². The summed E-state index contributed by atoms with van der Waals surface area (Å²) in [5.41, 5.74) is 2.05. The molecule has 1 atom stereocenters. The van der Waals surface area contributed by atoms with Gasteiger partial charge in [0.05, 0.1) is 5.60 Å². The van der Waals surface area contributed by atoms with E-state index in [1.807, 2.05) is 46.8 Å². The maximum atomic E-state index is 12.2. The summed E-state index contributed by atoms with van der Waals surface area (Å²) in [6.07, 6.45) is 0.225. The minimum absolute atomic E-state index is 0.225. The van der Waals surface area contributed by atoms with Gasteiger partial charge in [-0.25, -0.2) is 4.79 Å². The molecule has 0 fully saturated rings. The molecule has 1 unspecified atom stereocenters. The van der Waals surface area contributed by atoms with Crippen LogP contribution in [0.3, 0.4) is 0 Å². The number of carbonyl (C=O) groups excluding carboxylic acids is 1. The highest BCUT2D eigenvalue weighted by atomic mass is 16.5. The Morgan fingerprint density at radius 1 is 1.27 bits per heavy atom. The van der Waals surface area contributed by atoms with Crippen LogP contribution in [0.1, 0.15) is 48.7 Å². The second kappa shape index (κ2) is 7.40. The summed E-state index contributed by atoms with van der Waals surface area (Å²) in [4.78, 5) is 23.5. The third kappa shape index (κ3) is 5.85. The molecule has 5 nitrogen and oxygen atoms in total. The molecule has 0 aliphatic rings. The molecule has 0 saturated carbocycles. The summed E-state index contributed by atoms with van der Waals surface area (Å²) >= 11 is 0. The van der Waals surface area contributed by atoms with Crippen molar-refractivity contribution in [2.24, 2.45) is 0 Å². The third-order valence-electron chi connectivity index (χ3n) is 3.17. The van der Waals surface area contributed by atoms with Crippen molar-refractivity contribution in [2.45, 2.75) is 52.7 Å². The average Bonchev–Trinajstić information content (AvgIpc) is 2.35. The highest BCUT2D eigenvalue weighted by Gasteiger charge is 2.22. The van der Waals surface area contributed by atoms with E-state index in [9.17, 15) is 14.7 Å². The summed E-state index contributed by atoms with van der Waals surface area (Å²) in [6, 6.07) is 4.48. The second-order valence-corrected chi connectivity index (χ2v) is 6.43. The molecule has 0 bridgehead atoms. The molecule has 0 radical (unpaired) electrons. The van der Waals surface area contributed by atoms with Crippen LogP contribution < -0.4 is 5.32 Å². The van der Waals surface area contributed by atoms with E-state index in [0.29, 0.717) is 5.56 Å². The molecule has 0 aliphatic carbocycles. The predicted octanol–water partition coefficient (Wildman–Crippen LogP) is 2.69. The van der Waals surface area contributed by atoms with Gasteiger partial charge in [-0.3, -0.25) is 4.79 Å². The molecular weight excluding hydrogens is 282 g/mol. The van der Waals surface area contributed by atoms with Gasteiger partial charge in [-0.1, -0.05) is 17.7 Å². The van der Waals surface area contributed by atoms with E-state index in [4.69, 9.17) is 4.74 Å². The molecular formula is C17H25NO4. The van der Waals surface area contributed by atoms with Crippen molar-refractivity contribution in [3.8, 4) is 0 Å². The first-order valence-corrected chi connectivity index (χ1v) is 7.35. The van der Waals surface area contributed by atoms with Gasteiger partial charge in [0.2, 0.25) is 0 Å². The van der Waals surface area contributed by atoms with Gasteiger partial charge in [0.25, 0.3) is 5.91 Å². The summed E-state index contributed by atoms with van der Waals surface area (Å²) < 4.78 is 5.52. The topological polar surface area (TPSA) is 75.6 Å². The fraction of sp³-hybridized carbons (Fsp3) is 0.529. The van der Waals surface area contributed by atoms with Crippen LogP contribution in [-0.4, -0.2) is 35.2 Å². The number of amides is 1. The smallest absolute Gasteiger partial charge is 0.326 e. The fourth-order valence-electron chi connectivity index (χ4n) is 2.04. The van der Waals surface area contributed by atoms with Gasteiger partial charge in [0.15, 0.2) is 0 Å². The Morgan fingerprint density at radius 2 is 1.91 bits per heavy atom. The van der Waals surface area contributed by atoms with Gasteiger partial charge in [-0.05, 0) is 46.2 Å². The third-order valence-corrected chi connectivity index (χ3v) is 3.17. The van der Waals surface area contributed by atoms with Gasteiger partial charge in [0.1, 0.15) is 6.04 Å². The molecule has 0 aliphatic heterocycles. The van der Waals surface area contributed by atoms with Crippen molar-refractivity contribution >= 4 is 11.9 Å². The van der Waals surface area contributed by atoms with E-state index < -0.39 is 12.0 Å². The van der Waals surface area contributed by atoms with Crippen LogP contribution in [0.5, 0.6) is 0 Å². The van der Waals surface area contributed by atoms with Gasteiger partial charge in [0, 0.05) is 18.6 Å². The normalized spacial score (nSPS) is 12.8. The van der Waals surface area contributed by atoms with Crippen LogP contribution in [0.15, 0.2) is 18.2 Å². The largest absolute Gasteiger partial charge is 0.480 e. The highest BCUT2D eigenvalue weighted by Crippen LogP contribution is 2.12. The van der Waals surface area contributed by atoms with Crippen molar-refractivity contribution < 1.29 is 19.4 Å². The Bertz CT molecular complexity index is 546. The Morgan fingerprint density at radius 3 is 2.41 bits per heavy atom. The number of nitrogens with one attached hydrogen (secondary N) is 1. The predicted molar refractivity (Wildman–Crippen MR) is 85.1 cm³/mol. The van der Waals surface area contributed by atoms with Crippen molar-refractivity contribution in [2.75, 3.05) is 6.61 Å². The number of carbonyl (C=O) groups is 2. The number of rotatable bonds is 6. The lowest BCUT2D eigenvalue weighted by atomic mass is 10.0. The lowest BCUT2D eigenvalue weighted by Gasteiger charge is -2.21. The minimum atomic E-state index is -1.06. The SMILES string of the molecule is Cc1ccc(C(=O)NC(CCOC(C)(C)C)C(=O)O)c(C)c1. The quantitative estimate of drug-likeness (QED) is 0.847. The molecule has 0 saturated heterocycles. The van der Waals surface area contributed by atoms with Gasteiger partial charge < -0.3 is 15.2 Å². The van der Waals surface area contributed by atoms with Gasteiger partial charge in [-0.2, -0.15) is 0 Å². The molecule has 1 rings (SSSR count). The maximum Gasteiger partial charge on any atom is 0.326 e. The highest BCUT2D eigenvalue weighted by molar-refractivity contribution is 5.97. The van der Waals surface area contributed by atoms with Crippen LogP contribution in [0.2, 0.25) is 0 Å². The van der Waals surface area contributed by atoms with E-state index in [1.54, 1.807) is 6.07 Å². The van der Waals surface area contributed by atoms with Crippen LogP contribution in [0.4, 0.5) is 0 Å². The zero-order valence-electron chi connectivity index (χ0n) is 13.9. The number of carboxylic acids is 1. The first-order valence-electron chi connectivity index (χ1n) is 7.35. The summed E-state index contributed by atoms with van der Waals surface area (Å²) in [5, 5.41) is 11.8. The minimum Gasteiger partial charge on any atom is -0.480 e. The van der Waals surface area contributed by atoms with E-state index in [2.05, 4.69) is 5.32 Å². The van der Waals surface area contributed by atoms with Crippen molar-refractivity contribution in [3.05, 3.63) is 34.9 Å². The number of ether oxygens (including phenoxy) is 1. The van der Waals surface area contributed by atoms with E-state index >= 15 is 0 Å². The standard InChI is InChI=1S/C17H25NO4/c1-11-6-7-13(12(2)10-11)15(19)18-14(16(20)21)8-9-22-17(3,4)5/h6-7,10,14H,8-9H2,1-5H3,(H,18,19)(H,20,21). The monoisotopic (exact) mass is 307 g/mol. The molecule has 122 valence electrons. The molecule has 0 aromatic heterocycles. The zero-order chi connectivity index (χ0) is 16.9. The van der Waals surface area contributed by atoms with Crippen molar-refractivity contribution in [3.63, 3.8) is 0 Å². The number of hydrogen-bond donors (Lipinski definition) is 2. The van der Waals surface area contributed by atoms with Gasteiger partial charge >= 0.3 is 5.97 Å². The average molecular weight is 307 g/mol. The van der Waals surface area contributed by atoms with Crippen LogP contribution in [0.25, 0.3) is 0 Å². The Hall–Kier alpha value is -1.88. The first-order chi connectivity index (χ1) is 10.1. The Kier molecular flexibility index (Phi) is 6.11. The Labute approximate surface area is 131 Å². The number of benzene rings is 1. The van der Waals surface area contributed by atoms with Crippen LogP contribution in [-0.2, 0) is 9.53 Å². The number of aryl methyl sites for hydroxylation is 2. The molecule has 2 N–H and O–H groups in total. The number of aliphatic carboxylic acids is 1. The van der Waals surface area contributed by atoms with E-state index in [-0.39, 0.29) is 24.5 Å². The summed E-state index contributed by atoms with van der Waals surface area (Å²) in [6.45, 7) is 9.75. The maximum absolute atomic E-state index is 12.2. The molecule has 1 amide bonds. The zero-order valence-corrected chi connectivity index (χ0v) is 13.9. The van der Waals surface area contributed by atoms with Crippen molar-refractivity contribution in [1.29, 1.82) is 0 Å². The first kappa shape index (κ1) is 18.2. The second-order valence-electron chi connectivity index (χ2n) is 6.43. The Balaban J connectivity index is 2.70. The van der Waals surface area contributed by atoms with Gasteiger partial charge in [-0.15, -0.1) is 0 Å². The molecule has 1 aromatic rings. The molecule has 0 heterocycles. The number of hydrogen-bond acceptors (Lipinski definition) is 3. The lowest BCUT2D eigenvalue weighted by molar-refractivity contribution is -0.140. The molecule has 5 heteroatoms. The molecule has 22 heavy (non-hydrogen) atoms. The van der Waals surface area contributed by atoms with Crippen LogP contribution >= 0.6 is 0 Å². The van der Waals surface area contributed by atoms with E-state index in [1.165, 1.54) is 0 Å². The lowest BCUT2D eigenvalue weighted by Crippen LogP contribution is -2.42. The summed E-state index contributed by atoms with van der Waals surface area (Å²) in [5.74, 6) is -1.43. The number of carboxylic acid groups (broad SMARTS) is 1. The van der Waals surface area contributed by atoms with E-state index in [0.717, 1.165) is 11.1 Å². The van der Waals surface area contributed by atoms with Crippen LogP contribution in [0, 0.1) is 13.8 Å².